The zero-order chi connectivity index (χ0) is 17.0. The lowest BCUT2D eigenvalue weighted by molar-refractivity contribution is 0.0438. The van der Waals surface area contributed by atoms with Gasteiger partial charge >= 0.3 is 6.09 Å². The van der Waals surface area contributed by atoms with Crippen LogP contribution in [0, 0.1) is 0 Å². The van der Waals surface area contributed by atoms with Crippen molar-refractivity contribution >= 4 is 22.0 Å². The van der Waals surface area contributed by atoms with Crippen molar-refractivity contribution in [3.05, 3.63) is 70.2 Å². The lowest BCUT2D eigenvalue weighted by Gasteiger charge is -2.23. The molecule has 1 aliphatic rings. The molecule has 1 amide bonds. The fourth-order valence-electron chi connectivity index (χ4n) is 2.95. The summed E-state index contributed by atoms with van der Waals surface area (Å²) in [5.74, 6) is 0. The van der Waals surface area contributed by atoms with Crippen molar-refractivity contribution in [3.63, 3.8) is 0 Å². The van der Waals surface area contributed by atoms with Crippen LogP contribution in [0.5, 0.6) is 0 Å². The number of rotatable bonds is 4. The van der Waals surface area contributed by atoms with Gasteiger partial charge in [-0.05, 0) is 29.7 Å². The summed E-state index contributed by atoms with van der Waals surface area (Å²) in [6.45, 7) is 1.07. The average molecular weight is 390 g/mol. The minimum absolute atomic E-state index is 0.251. The quantitative estimate of drug-likeness (QED) is 0.865. The molecule has 1 saturated heterocycles. The summed E-state index contributed by atoms with van der Waals surface area (Å²) in [4.78, 5) is 13.8. The number of hydrogen-bond donors (Lipinski definition) is 1. The lowest BCUT2D eigenvalue weighted by Crippen LogP contribution is -2.37. The molecule has 1 aliphatic heterocycles. The Morgan fingerprint density at radius 3 is 2.54 bits per heavy atom. The second kappa shape index (κ2) is 7.36. The predicted molar refractivity (Wildman–Crippen MR) is 95.6 cm³/mol. The van der Waals surface area contributed by atoms with Gasteiger partial charge in [0.25, 0.3) is 0 Å². The summed E-state index contributed by atoms with van der Waals surface area (Å²) in [6, 6.07) is 17.5. The Morgan fingerprint density at radius 1 is 1.12 bits per heavy atom. The molecule has 0 bridgehead atoms. The Hall–Kier alpha value is -1.85. The number of amides is 1. The van der Waals surface area contributed by atoms with Gasteiger partial charge in [0.1, 0.15) is 6.61 Å². The fourth-order valence-corrected chi connectivity index (χ4v) is 3.21. The number of ether oxygens (including phenoxy) is 1. The van der Waals surface area contributed by atoms with Crippen LogP contribution >= 0.6 is 15.9 Å². The lowest BCUT2D eigenvalue weighted by atomic mass is 9.94. The molecule has 0 aromatic heterocycles. The second-order valence-corrected chi connectivity index (χ2v) is 7.15. The average Bonchev–Trinajstić information content (AvgIpc) is 2.98. The van der Waals surface area contributed by atoms with E-state index >= 15 is 0 Å². The molecule has 24 heavy (non-hydrogen) atoms. The van der Waals surface area contributed by atoms with E-state index in [9.17, 15) is 9.90 Å². The Morgan fingerprint density at radius 2 is 1.83 bits per heavy atom. The molecule has 0 saturated carbocycles. The van der Waals surface area contributed by atoms with Crippen molar-refractivity contribution in [2.75, 3.05) is 13.1 Å². The van der Waals surface area contributed by atoms with Gasteiger partial charge in [0, 0.05) is 17.4 Å². The molecule has 4 nitrogen and oxygen atoms in total. The van der Waals surface area contributed by atoms with Crippen LogP contribution in [0.2, 0.25) is 0 Å². The van der Waals surface area contributed by atoms with Gasteiger partial charge < -0.3 is 14.7 Å². The highest BCUT2D eigenvalue weighted by Crippen LogP contribution is 2.26. The van der Waals surface area contributed by atoms with Crippen LogP contribution in [0.3, 0.4) is 0 Å². The van der Waals surface area contributed by atoms with E-state index in [1.54, 1.807) is 4.90 Å². The van der Waals surface area contributed by atoms with E-state index in [4.69, 9.17) is 4.74 Å². The number of nitrogens with zero attached hydrogens (tertiary/aromatic N) is 1. The standard InChI is InChI=1S/C19H20BrNO3/c20-17-8-6-15(7-9-17)12-19(23)10-11-21(14-19)18(22)24-13-16-4-2-1-3-5-16/h1-9,23H,10-14H2. The van der Waals surface area contributed by atoms with Gasteiger partial charge in [0.05, 0.1) is 12.1 Å². The first-order valence-corrected chi connectivity index (χ1v) is 8.76. The Kier molecular flexibility index (Phi) is 5.21. The van der Waals surface area contributed by atoms with Crippen molar-refractivity contribution in [2.24, 2.45) is 0 Å². The van der Waals surface area contributed by atoms with Crippen molar-refractivity contribution in [1.29, 1.82) is 0 Å². The van der Waals surface area contributed by atoms with Gasteiger partial charge in [-0.15, -0.1) is 0 Å². The van der Waals surface area contributed by atoms with E-state index in [1.165, 1.54) is 0 Å². The second-order valence-electron chi connectivity index (χ2n) is 6.24. The predicted octanol–water partition coefficient (Wildman–Crippen LogP) is 3.77. The summed E-state index contributed by atoms with van der Waals surface area (Å²) < 4.78 is 6.35. The number of halogens is 1. The molecule has 1 heterocycles. The summed E-state index contributed by atoms with van der Waals surface area (Å²) in [6.07, 6.45) is 0.720. The van der Waals surface area contributed by atoms with Gasteiger partial charge in [0.15, 0.2) is 0 Å². The van der Waals surface area contributed by atoms with Crippen LogP contribution < -0.4 is 0 Å². The van der Waals surface area contributed by atoms with Gasteiger partial charge in [-0.25, -0.2) is 4.79 Å². The molecule has 5 heteroatoms. The highest BCUT2D eigenvalue weighted by atomic mass is 79.9. The summed E-state index contributed by atoms with van der Waals surface area (Å²) in [5, 5.41) is 10.8. The van der Waals surface area contributed by atoms with Crippen LogP contribution in [-0.2, 0) is 17.8 Å². The van der Waals surface area contributed by atoms with E-state index in [-0.39, 0.29) is 12.7 Å². The van der Waals surface area contributed by atoms with E-state index in [0.29, 0.717) is 25.9 Å². The zero-order valence-corrected chi connectivity index (χ0v) is 14.9. The van der Waals surface area contributed by atoms with E-state index in [0.717, 1.165) is 15.6 Å². The monoisotopic (exact) mass is 389 g/mol. The maximum atomic E-state index is 12.2. The molecule has 1 N–H and O–H groups in total. The maximum absolute atomic E-state index is 12.2. The van der Waals surface area contributed by atoms with E-state index < -0.39 is 5.60 Å². The van der Waals surface area contributed by atoms with Crippen LogP contribution in [0.15, 0.2) is 59.1 Å². The maximum Gasteiger partial charge on any atom is 0.410 e. The molecular weight excluding hydrogens is 370 g/mol. The third-order valence-electron chi connectivity index (χ3n) is 4.24. The zero-order valence-electron chi connectivity index (χ0n) is 13.3. The molecular formula is C19H20BrNO3. The summed E-state index contributed by atoms with van der Waals surface area (Å²) in [5.41, 5.74) is 1.12. The molecule has 0 aliphatic carbocycles. The molecule has 0 spiro atoms. The first-order valence-electron chi connectivity index (χ1n) is 7.97. The molecule has 1 atom stereocenters. The van der Waals surface area contributed by atoms with Gasteiger partial charge in [-0.1, -0.05) is 58.4 Å². The minimum Gasteiger partial charge on any atom is -0.445 e. The van der Waals surface area contributed by atoms with Crippen molar-refractivity contribution in [3.8, 4) is 0 Å². The Labute approximate surface area is 150 Å². The normalized spacial score (nSPS) is 20.2. The van der Waals surface area contributed by atoms with Crippen molar-refractivity contribution in [2.45, 2.75) is 25.0 Å². The minimum atomic E-state index is -0.889. The van der Waals surface area contributed by atoms with Crippen molar-refractivity contribution in [1.82, 2.24) is 4.90 Å². The van der Waals surface area contributed by atoms with E-state index in [1.807, 2.05) is 54.6 Å². The molecule has 3 rings (SSSR count). The van der Waals surface area contributed by atoms with Gasteiger partial charge in [0.2, 0.25) is 0 Å². The van der Waals surface area contributed by atoms with Crippen LogP contribution in [0.1, 0.15) is 17.5 Å². The largest absolute Gasteiger partial charge is 0.445 e. The third kappa shape index (κ3) is 4.36. The fraction of sp³-hybridized carbons (Fsp3) is 0.316. The molecule has 126 valence electrons. The highest BCUT2D eigenvalue weighted by molar-refractivity contribution is 9.10. The summed E-state index contributed by atoms with van der Waals surface area (Å²) >= 11 is 3.40. The first-order chi connectivity index (χ1) is 11.5. The molecule has 1 unspecified atom stereocenters. The van der Waals surface area contributed by atoms with Gasteiger partial charge in [-0.2, -0.15) is 0 Å². The number of benzene rings is 2. The highest BCUT2D eigenvalue weighted by Gasteiger charge is 2.38. The molecule has 0 radical (unpaired) electrons. The molecule has 2 aromatic carbocycles. The molecule has 2 aromatic rings. The first kappa shape index (κ1) is 17.0. The number of β-amino-alcohol motifs (C(OH)–C–C–N with tert-alkyl or cyclic N) is 1. The number of hydrogen-bond acceptors (Lipinski definition) is 3. The molecule has 1 fully saturated rings. The number of carbonyl (C=O) groups excluding carboxylic acids is 1. The number of aliphatic hydroxyl groups is 1. The van der Waals surface area contributed by atoms with Crippen LogP contribution in [-0.4, -0.2) is 34.8 Å². The van der Waals surface area contributed by atoms with Crippen LogP contribution in [0.25, 0.3) is 0 Å². The Bertz CT molecular complexity index is 690. The topological polar surface area (TPSA) is 49.8 Å². The van der Waals surface area contributed by atoms with Crippen molar-refractivity contribution < 1.29 is 14.6 Å². The Balaban J connectivity index is 1.53. The number of carbonyl (C=O) groups is 1. The third-order valence-corrected chi connectivity index (χ3v) is 4.77. The van der Waals surface area contributed by atoms with E-state index in [2.05, 4.69) is 15.9 Å². The summed E-state index contributed by atoms with van der Waals surface area (Å²) in [7, 11) is 0. The SMILES string of the molecule is O=C(OCc1ccccc1)N1CCC(O)(Cc2ccc(Br)cc2)C1. The number of likely N-dealkylation sites (tertiary alicyclic amines) is 1. The van der Waals surface area contributed by atoms with Crippen LogP contribution in [0.4, 0.5) is 4.79 Å². The van der Waals surface area contributed by atoms with Gasteiger partial charge in [-0.3, -0.25) is 0 Å². The smallest absolute Gasteiger partial charge is 0.410 e.